The highest BCUT2D eigenvalue weighted by atomic mass is 19.4. The van der Waals surface area contributed by atoms with Gasteiger partial charge in [0.25, 0.3) is 0 Å². The predicted octanol–water partition coefficient (Wildman–Crippen LogP) is 3.70. The van der Waals surface area contributed by atoms with Gasteiger partial charge in [-0.3, -0.25) is 4.68 Å². The second-order valence-electron chi connectivity index (χ2n) is 7.17. The molecule has 4 rings (SSSR count). The molecule has 0 aliphatic carbocycles. The number of hydrogen-bond donors (Lipinski definition) is 1. The Labute approximate surface area is 177 Å². The molecule has 0 radical (unpaired) electrons. The summed E-state index contributed by atoms with van der Waals surface area (Å²) in [6.45, 7) is 2.39. The van der Waals surface area contributed by atoms with Crippen molar-refractivity contribution in [3.05, 3.63) is 72.2 Å². The van der Waals surface area contributed by atoms with Gasteiger partial charge in [0.15, 0.2) is 0 Å². The maximum atomic E-state index is 12.8. The minimum Gasteiger partial charge on any atom is -0.353 e. The van der Waals surface area contributed by atoms with Gasteiger partial charge >= 0.3 is 12.2 Å². The van der Waals surface area contributed by atoms with Crippen molar-refractivity contribution in [2.24, 2.45) is 0 Å². The quantitative estimate of drug-likeness (QED) is 0.686. The van der Waals surface area contributed by atoms with Crippen molar-refractivity contribution < 1.29 is 18.0 Å². The van der Waals surface area contributed by atoms with E-state index in [2.05, 4.69) is 15.4 Å². The molecule has 2 amide bonds. The standard InChI is InChI=1S/C21H21F3N6O/c22-21(23,24)17-6-7-19(25-14-17)28-10-12-29(13-11-28)20(31)27-18-5-2-1-4-16(18)15-30-9-3-8-26-30/h1-9,14H,10-13,15H2,(H,27,31). The molecule has 7 nitrogen and oxygen atoms in total. The third-order valence-electron chi connectivity index (χ3n) is 5.12. The summed E-state index contributed by atoms with van der Waals surface area (Å²) < 4.78 is 39.9. The lowest BCUT2D eigenvalue weighted by molar-refractivity contribution is -0.137. The van der Waals surface area contributed by atoms with E-state index in [4.69, 9.17) is 0 Å². The van der Waals surface area contributed by atoms with Crippen LogP contribution in [0.5, 0.6) is 0 Å². The van der Waals surface area contributed by atoms with E-state index in [1.165, 1.54) is 6.07 Å². The first-order chi connectivity index (χ1) is 14.9. The van der Waals surface area contributed by atoms with Gasteiger partial charge in [0.1, 0.15) is 5.82 Å². The molecule has 1 aliphatic rings. The fourth-order valence-electron chi connectivity index (χ4n) is 3.42. The number of para-hydroxylation sites is 1. The van der Waals surface area contributed by atoms with Gasteiger partial charge in [0.2, 0.25) is 0 Å². The Morgan fingerprint density at radius 2 is 1.81 bits per heavy atom. The number of hydrogen-bond acceptors (Lipinski definition) is 4. The molecular weight excluding hydrogens is 409 g/mol. The van der Waals surface area contributed by atoms with Gasteiger partial charge < -0.3 is 15.1 Å². The molecule has 162 valence electrons. The largest absolute Gasteiger partial charge is 0.417 e. The maximum Gasteiger partial charge on any atom is 0.417 e. The van der Waals surface area contributed by atoms with Crippen LogP contribution in [0.2, 0.25) is 0 Å². The lowest BCUT2D eigenvalue weighted by atomic mass is 10.2. The highest BCUT2D eigenvalue weighted by Gasteiger charge is 2.31. The van der Waals surface area contributed by atoms with Crippen LogP contribution < -0.4 is 10.2 Å². The van der Waals surface area contributed by atoms with Crippen LogP contribution in [0, 0.1) is 0 Å². The predicted molar refractivity (Wildman–Crippen MR) is 110 cm³/mol. The molecule has 3 heterocycles. The number of nitrogens with zero attached hydrogens (tertiary/aromatic N) is 5. The molecule has 2 aromatic heterocycles. The Morgan fingerprint density at radius 3 is 2.45 bits per heavy atom. The lowest BCUT2D eigenvalue weighted by Crippen LogP contribution is -2.50. The van der Waals surface area contributed by atoms with E-state index >= 15 is 0 Å². The van der Waals surface area contributed by atoms with Gasteiger partial charge in [0, 0.05) is 50.5 Å². The highest BCUT2D eigenvalue weighted by molar-refractivity contribution is 5.90. The number of nitrogens with one attached hydrogen (secondary N) is 1. The fourth-order valence-corrected chi connectivity index (χ4v) is 3.42. The first-order valence-corrected chi connectivity index (χ1v) is 9.79. The van der Waals surface area contributed by atoms with Crippen molar-refractivity contribution in [1.29, 1.82) is 0 Å². The number of carbonyl (C=O) groups excluding carboxylic acids is 1. The summed E-state index contributed by atoms with van der Waals surface area (Å²) in [5.41, 5.74) is 0.880. The highest BCUT2D eigenvalue weighted by Crippen LogP contribution is 2.29. The summed E-state index contributed by atoms with van der Waals surface area (Å²) in [4.78, 5) is 20.2. The molecule has 31 heavy (non-hydrogen) atoms. The lowest BCUT2D eigenvalue weighted by Gasteiger charge is -2.35. The normalized spacial score (nSPS) is 14.5. The number of alkyl halides is 3. The Morgan fingerprint density at radius 1 is 1.03 bits per heavy atom. The number of amides is 2. The van der Waals surface area contributed by atoms with Crippen molar-refractivity contribution in [3.8, 4) is 0 Å². The minimum absolute atomic E-state index is 0.215. The van der Waals surface area contributed by atoms with E-state index in [1.54, 1.807) is 15.8 Å². The van der Waals surface area contributed by atoms with E-state index in [-0.39, 0.29) is 6.03 Å². The summed E-state index contributed by atoms with van der Waals surface area (Å²) in [6, 6.07) is 11.6. The van der Waals surface area contributed by atoms with Gasteiger partial charge in [-0.1, -0.05) is 18.2 Å². The third-order valence-corrected chi connectivity index (χ3v) is 5.12. The van der Waals surface area contributed by atoms with E-state index < -0.39 is 11.7 Å². The number of anilines is 2. The van der Waals surface area contributed by atoms with Crippen LogP contribution >= 0.6 is 0 Å². The molecular formula is C21H21F3N6O. The number of urea groups is 1. The Kier molecular flexibility index (Phi) is 5.79. The Hall–Kier alpha value is -3.56. The van der Waals surface area contributed by atoms with Crippen LogP contribution in [0.3, 0.4) is 0 Å². The van der Waals surface area contributed by atoms with Crippen LogP contribution in [0.1, 0.15) is 11.1 Å². The molecule has 1 aliphatic heterocycles. The van der Waals surface area contributed by atoms with Crippen LogP contribution in [0.4, 0.5) is 29.5 Å². The average Bonchev–Trinajstić information content (AvgIpc) is 3.28. The molecule has 3 aromatic rings. The number of aromatic nitrogens is 3. The van der Waals surface area contributed by atoms with Crippen LogP contribution in [-0.2, 0) is 12.7 Å². The van der Waals surface area contributed by atoms with E-state index in [0.717, 1.165) is 23.5 Å². The zero-order valence-corrected chi connectivity index (χ0v) is 16.6. The van der Waals surface area contributed by atoms with Crippen LogP contribution in [0.25, 0.3) is 0 Å². The number of halogens is 3. The average molecular weight is 430 g/mol. The molecule has 1 N–H and O–H groups in total. The second-order valence-corrected chi connectivity index (χ2v) is 7.17. The van der Waals surface area contributed by atoms with Gasteiger partial charge in [0.05, 0.1) is 12.1 Å². The number of pyridine rings is 1. The minimum atomic E-state index is -4.41. The molecule has 1 saturated heterocycles. The van der Waals surface area contributed by atoms with E-state index in [9.17, 15) is 18.0 Å². The maximum absolute atomic E-state index is 12.8. The summed E-state index contributed by atoms with van der Waals surface area (Å²) in [7, 11) is 0. The zero-order valence-electron chi connectivity index (χ0n) is 16.6. The van der Waals surface area contributed by atoms with Crippen molar-refractivity contribution in [2.75, 3.05) is 36.4 Å². The van der Waals surface area contributed by atoms with Gasteiger partial charge in [-0.15, -0.1) is 0 Å². The van der Waals surface area contributed by atoms with Crippen molar-refractivity contribution in [1.82, 2.24) is 19.7 Å². The fraction of sp³-hybridized carbons (Fsp3) is 0.286. The molecule has 1 fully saturated rings. The number of rotatable bonds is 4. The smallest absolute Gasteiger partial charge is 0.353 e. The summed E-state index contributed by atoms with van der Waals surface area (Å²) in [6.07, 6.45) is -0.0136. The number of piperazine rings is 1. The van der Waals surface area contributed by atoms with Crippen LogP contribution in [-0.4, -0.2) is 51.9 Å². The molecule has 0 unspecified atom stereocenters. The Bertz CT molecular complexity index is 1010. The molecule has 1 aromatic carbocycles. The van der Waals surface area contributed by atoms with E-state index in [0.29, 0.717) is 38.5 Å². The van der Waals surface area contributed by atoms with E-state index in [1.807, 2.05) is 41.4 Å². The molecule has 0 saturated carbocycles. The molecule has 10 heteroatoms. The van der Waals surface area contributed by atoms with Gasteiger partial charge in [-0.2, -0.15) is 18.3 Å². The Balaban J connectivity index is 1.35. The summed E-state index contributed by atoms with van der Waals surface area (Å²) >= 11 is 0. The monoisotopic (exact) mass is 430 g/mol. The van der Waals surface area contributed by atoms with Gasteiger partial charge in [-0.05, 0) is 29.8 Å². The summed E-state index contributed by atoms with van der Waals surface area (Å²) in [5.74, 6) is 0.470. The van der Waals surface area contributed by atoms with Crippen molar-refractivity contribution in [2.45, 2.75) is 12.7 Å². The SMILES string of the molecule is O=C(Nc1ccccc1Cn1cccn1)N1CCN(c2ccc(C(F)(F)F)cn2)CC1. The first kappa shape index (κ1) is 20.7. The summed E-state index contributed by atoms with van der Waals surface area (Å²) in [5, 5.41) is 7.16. The molecule has 0 spiro atoms. The van der Waals surface area contributed by atoms with Crippen LogP contribution in [0.15, 0.2) is 61.1 Å². The molecule has 0 atom stereocenters. The second kappa shape index (κ2) is 8.66. The number of carbonyl (C=O) groups is 1. The molecule has 0 bridgehead atoms. The van der Waals surface area contributed by atoms with Crippen molar-refractivity contribution in [3.63, 3.8) is 0 Å². The van der Waals surface area contributed by atoms with Crippen molar-refractivity contribution >= 4 is 17.5 Å². The topological polar surface area (TPSA) is 66.3 Å². The first-order valence-electron chi connectivity index (χ1n) is 9.79. The third kappa shape index (κ3) is 4.96. The zero-order chi connectivity index (χ0) is 21.8. The number of benzene rings is 1. The van der Waals surface area contributed by atoms with Gasteiger partial charge in [-0.25, -0.2) is 9.78 Å².